The monoisotopic (exact) mass is 410 g/mol. The molecule has 1 aliphatic rings. The molecule has 29 heavy (non-hydrogen) atoms. The Morgan fingerprint density at radius 1 is 1.21 bits per heavy atom. The van der Waals surface area contributed by atoms with Crippen molar-refractivity contribution in [2.45, 2.75) is 25.4 Å². The number of aromatic nitrogens is 1. The first-order valence-electron chi connectivity index (χ1n) is 9.78. The van der Waals surface area contributed by atoms with E-state index in [1.807, 2.05) is 30.3 Å². The Morgan fingerprint density at radius 2 is 2.00 bits per heavy atom. The molecule has 0 bridgehead atoms. The van der Waals surface area contributed by atoms with E-state index in [2.05, 4.69) is 11.4 Å². The van der Waals surface area contributed by atoms with Crippen molar-refractivity contribution in [2.24, 2.45) is 0 Å². The molecule has 3 aromatic rings. The van der Waals surface area contributed by atoms with E-state index < -0.39 is 0 Å². The van der Waals surface area contributed by atoms with Crippen molar-refractivity contribution in [3.8, 4) is 0 Å². The third-order valence-electron chi connectivity index (χ3n) is 5.34. The number of likely N-dealkylation sites (tertiary alicyclic amines) is 1. The van der Waals surface area contributed by atoms with E-state index in [1.54, 1.807) is 23.5 Å². The molecule has 1 saturated heterocycles. The topological polar surface area (TPSA) is 72.7 Å². The SMILES string of the molecule is COC(=O)c1ccc(CNC(=O)C[NH+]2CCC[C@@H]2c2nc3ccccc3s2)cc1. The fourth-order valence-corrected chi connectivity index (χ4v) is 4.97. The number of esters is 1. The lowest BCUT2D eigenvalue weighted by molar-refractivity contribution is -0.910. The summed E-state index contributed by atoms with van der Waals surface area (Å²) in [6, 6.07) is 15.6. The molecule has 1 amide bonds. The summed E-state index contributed by atoms with van der Waals surface area (Å²) in [5, 5.41) is 4.12. The van der Waals surface area contributed by atoms with Gasteiger partial charge in [-0.15, -0.1) is 11.3 Å². The first-order chi connectivity index (χ1) is 14.1. The summed E-state index contributed by atoms with van der Waals surface area (Å²) in [5.74, 6) is -0.329. The minimum absolute atomic E-state index is 0.0325. The summed E-state index contributed by atoms with van der Waals surface area (Å²) >= 11 is 1.74. The summed E-state index contributed by atoms with van der Waals surface area (Å²) < 4.78 is 5.90. The zero-order valence-electron chi connectivity index (χ0n) is 16.3. The maximum Gasteiger partial charge on any atom is 0.337 e. The van der Waals surface area contributed by atoms with Gasteiger partial charge in [-0.2, -0.15) is 0 Å². The number of fused-ring (bicyclic) bond motifs is 1. The van der Waals surface area contributed by atoms with Crippen LogP contribution in [0.2, 0.25) is 0 Å². The average Bonchev–Trinajstić information content (AvgIpc) is 3.38. The molecule has 0 radical (unpaired) electrons. The molecule has 2 N–H and O–H groups in total. The van der Waals surface area contributed by atoms with Gasteiger partial charge in [0.2, 0.25) is 0 Å². The van der Waals surface area contributed by atoms with E-state index in [0.717, 1.165) is 35.5 Å². The number of methoxy groups -OCH3 is 1. The van der Waals surface area contributed by atoms with Crippen LogP contribution in [0.1, 0.15) is 39.8 Å². The number of amides is 1. The smallest absolute Gasteiger partial charge is 0.337 e. The van der Waals surface area contributed by atoms with Gasteiger partial charge in [-0.1, -0.05) is 24.3 Å². The van der Waals surface area contributed by atoms with Crippen molar-refractivity contribution < 1.29 is 19.2 Å². The number of rotatable bonds is 6. The molecule has 150 valence electrons. The van der Waals surface area contributed by atoms with E-state index in [-0.39, 0.29) is 17.9 Å². The minimum atomic E-state index is -0.362. The van der Waals surface area contributed by atoms with Gasteiger partial charge in [0.1, 0.15) is 6.04 Å². The average molecular weight is 411 g/mol. The lowest BCUT2D eigenvalue weighted by Crippen LogP contribution is -3.11. The van der Waals surface area contributed by atoms with Crippen LogP contribution in [0.15, 0.2) is 48.5 Å². The number of nitrogens with zero attached hydrogens (tertiary/aromatic N) is 1. The maximum absolute atomic E-state index is 12.5. The molecule has 1 unspecified atom stereocenters. The van der Waals surface area contributed by atoms with Gasteiger partial charge in [0.15, 0.2) is 11.6 Å². The first kappa shape index (κ1) is 19.5. The van der Waals surface area contributed by atoms with Crippen LogP contribution in [0.25, 0.3) is 10.2 Å². The van der Waals surface area contributed by atoms with Gasteiger partial charge in [-0.25, -0.2) is 9.78 Å². The number of ether oxygens (including phenoxy) is 1. The highest BCUT2D eigenvalue weighted by atomic mass is 32.1. The highest BCUT2D eigenvalue weighted by Crippen LogP contribution is 2.28. The van der Waals surface area contributed by atoms with Crippen molar-refractivity contribution in [3.63, 3.8) is 0 Å². The molecule has 2 atom stereocenters. The van der Waals surface area contributed by atoms with E-state index in [0.29, 0.717) is 18.7 Å². The van der Waals surface area contributed by atoms with Gasteiger partial charge >= 0.3 is 5.97 Å². The number of hydrogen-bond donors (Lipinski definition) is 2. The Morgan fingerprint density at radius 3 is 2.76 bits per heavy atom. The first-order valence-corrected chi connectivity index (χ1v) is 10.6. The molecule has 2 heterocycles. The predicted molar refractivity (Wildman–Crippen MR) is 112 cm³/mol. The second-order valence-corrected chi connectivity index (χ2v) is 8.33. The zero-order chi connectivity index (χ0) is 20.2. The third-order valence-corrected chi connectivity index (χ3v) is 6.49. The zero-order valence-corrected chi connectivity index (χ0v) is 17.1. The van der Waals surface area contributed by atoms with Crippen LogP contribution in [0.3, 0.4) is 0 Å². The molecule has 2 aromatic carbocycles. The number of carbonyl (C=O) groups excluding carboxylic acids is 2. The summed E-state index contributed by atoms with van der Waals surface area (Å²) in [5.41, 5.74) is 2.49. The van der Waals surface area contributed by atoms with E-state index in [1.165, 1.54) is 16.7 Å². The Bertz CT molecular complexity index is 983. The van der Waals surface area contributed by atoms with Crippen molar-refractivity contribution in [3.05, 3.63) is 64.7 Å². The number of para-hydroxylation sites is 1. The van der Waals surface area contributed by atoms with Crippen molar-refractivity contribution >= 4 is 33.4 Å². The van der Waals surface area contributed by atoms with Crippen LogP contribution in [0.5, 0.6) is 0 Å². The van der Waals surface area contributed by atoms with Crippen LogP contribution in [-0.4, -0.2) is 37.1 Å². The van der Waals surface area contributed by atoms with Crippen LogP contribution >= 0.6 is 11.3 Å². The van der Waals surface area contributed by atoms with E-state index in [9.17, 15) is 9.59 Å². The van der Waals surface area contributed by atoms with Gasteiger partial charge in [-0.3, -0.25) is 4.79 Å². The van der Waals surface area contributed by atoms with Gasteiger partial charge < -0.3 is 15.0 Å². The lowest BCUT2D eigenvalue weighted by atomic mass is 10.1. The van der Waals surface area contributed by atoms with Crippen LogP contribution in [0.4, 0.5) is 0 Å². The lowest BCUT2D eigenvalue weighted by Gasteiger charge is -2.19. The molecule has 7 heteroatoms. The second kappa shape index (κ2) is 8.71. The molecule has 4 rings (SSSR count). The second-order valence-electron chi connectivity index (χ2n) is 7.26. The molecular formula is C22H24N3O3S+. The molecule has 1 fully saturated rings. The summed E-state index contributed by atoms with van der Waals surface area (Å²) in [6.07, 6.45) is 2.18. The molecule has 6 nitrogen and oxygen atoms in total. The normalized spacial score (nSPS) is 18.7. The maximum atomic E-state index is 12.5. The number of quaternary nitrogens is 1. The number of nitrogens with one attached hydrogen (secondary N) is 2. The summed E-state index contributed by atoms with van der Waals surface area (Å²) in [7, 11) is 1.36. The number of hydrogen-bond acceptors (Lipinski definition) is 5. The number of carbonyl (C=O) groups is 2. The van der Waals surface area contributed by atoms with Crippen LogP contribution in [0, 0.1) is 0 Å². The van der Waals surface area contributed by atoms with Crippen molar-refractivity contribution in [2.75, 3.05) is 20.2 Å². The Labute approximate surface area is 173 Å². The Hall–Kier alpha value is -2.77. The van der Waals surface area contributed by atoms with Gasteiger partial charge in [0, 0.05) is 19.4 Å². The summed E-state index contributed by atoms with van der Waals surface area (Å²) in [6.45, 7) is 1.88. The molecule has 0 saturated carbocycles. The van der Waals surface area contributed by atoms with Crippen LogP contribution < -0.4 is 10.2 Å². The molecule has 1 aliphatic heterocycles. The number of thiazole rings is 1. The Balaban J connectivity index is 1.34. The van der Waals surface area contributed by atoms with Crippen molar-refractivity contribution in [1.29, 1.82) is 0 Å². The minimum Gasteiger partial charge on any atom is -0.465 e. The molecule has 1 aromatic heterocycles. The van der Waals surface area contributed by atoms with Gasteiger partial charge in [0.05, 0.1) is 29.4 Å². The fraction of sp³-hybridized carbons (Fsp3) is 0.318. The Kier molecular flexibility index (Phi) is 5.87. The quantitative estimate of drug-likeness (QED) is 0.611. The van der Waals surface area contributed by atoms with Gasteiger partial charge in [0.25, 0.3) is 5.91 Å². The van der Waals surface area contributed by atoms with Crippen molar-refractivity contribution in [1.82, 2.24) is 10.3 Å². The van der Waals surface area contributed by atoms with Gasteiger partial charge in [-0.05, 0) is 29.8 Å². The van der Waals surface area contributed by atoms with Crippen LogP contribution in [-0.2, 0) is 16.1 Å². The third kappa shape index (κ3) is 4.46. The van der Waals surface area contributed by atoms with E-state index >= 15 is 0 Å². The number of benzene rings is 2. The molecular weight excluding hydrogens is 386 g/mol. The largest absolute Gasteiger partial charge is 0.465 e. The highest BCUT2D eigenvalue weighted by Gasteiger charge is 2.33. The fourth-order valence-electron chi connectivity index (χ4n) is 3.81. The standard InChI is InChI=1S/C22H23N3O3S/c1-28-22(27)16-10-8-15(9-11-16)13-23-20(26)14-25-12-4-6-18(25)21-24-17-5-2-3-7-19(17)29-21/h2-3,5,7-11,18H,4,6,12-14H2,1H3,(H,23,26)/p+1/t18-/m1/s1. The van der Waals surface area contributed by atoms with E-state index in [4.69, 9.17) is 9.72 Å². The molecule has 0 aliphatic carbocycles. The summed E-state index contributed by atoms with van der Waals surface area (Å²) in [4.78, 5) is 30.1. The molecule has 0 spiro atoms. The highest BCUT2D eigenvalue weighted by molar-refractivity contribution is 7.18. The predicted octanol–water partition coefficient (Wildman–Crippen LogP) is 2.12.